The first kappa shape index (κ1) is 11.4. The third-order valence-electron chi connectivity index (χ3n) is 2.62. The highest BCUT2D eigenvalue weighted by Gasteiger charge is 2.05. The molecule has 0 unspecified atom stereocenters. The van der Waals surface area contributed by atoms with Crippen molar-refractivity contribution in [2.24, 2.45) is 4.99 Å². The Morgan fingerprint density at radius 2 is 2.13 bits per heavy atom. The molecule has 0 aliphatic heterocycles. The zero-order valence-corrected chi connectivity index (χ0v) is 9.21. The third-order valence-corrected chi connectivity index (χ3v) is 2.62. The highest BCUT2D eigenvalue weighted by atomic mass is 16.1. The standard InChI is InChI=1S/C13H15NO/c1-4-11-6-7-12(8-14-9-15)10(3)13(11)5-2/h5-7H,2,4,8H2,1,3H3. The van der Waals surface area contributed by atoms with Crippen LogP contribution in [0, 0.1) is 6.92 Å². The topological polar surface area (TPSA) is 29.4 Å². The summed E-state index contributed by atoms with van der Waals surface area (Å²) in [6.07, 6.45) is 4.41. The van der Waals surface area contributed by atoms with Crippen molar-refractivity contribution >= 4 is 12.2 Å². The molecule has 0 radical (unpaired) electrons. The molecule has 2 nitrogen and oxygen atoms in total. The van der Waals surface area contributed by atoms with Crippen molar-refractivity contribution < 1.29 is 4.79 Å². The summed E-state index contributed by atoms with van der Waals surface area (Å²) in [5.41, 5.74) is 4.66. The summed E-state index contributed by atoms with van der Waals surface area (Å²) in [5.74, 6) is 0. The second-order valence-electron chi connectivity index (χ2n) is 3.39. The number of isocyanates is 1. The number of nitrogens with zero attached hydrogens (tertiary/aromatic N) is 1. The summed E-state index contributed by atoms with van der Waals surface area (Å²) in [7, 11) is 0. The van der Waals surface area contributed by atoms with Crippen LogP contribution in [0.5, 0.6) is 0 Å². The number of hydrogen-bond acceptors (Lipinski definition) is 2. The van der Waals surface area contributed by atoms with Crippen LogP contribution in [0.25, 0.3) is 6.08 Å². The maximum atomic E-state index is 10.1. The van der Waals surface area contributed by atoms with Crippen molar-refractivity contribution in [1.29, 1.82) is 0 Å². The Kier molecular flexibility index (Phi) is 4.02. The second kappa shape index (κ2) is 5.28. The largest absolute Gasteiger partial charge is 0.235 e. The van der Waals surface area contributed by atoms with Gasteiger partial charge < -0.3 is 0 Å². The maximum Gasteiger partial charge on any atom is 0.235 e. The molecule has 1 aromatic rings. The maximum absolute atomic E-state index is 10.1. The molecular weight excluding hydrogens is 186 g/mol. The lowest BCUT2D eigenvalue weighted by molar-refractivity contribution is 0.562. The van der Waals surface area contributed by atoms with Crippen molar-refractivity contribution in [2.45, 2.75) is 26.8 Å². The first-order chi connectivity index (χ1) is 7.24. The Morgan fingerprint density at radius 3 is 2.67 bits per heavy atom. The highest BCUT2D eigenvalue weighted by Crippen LogP contribution is 2.21. The molecular formula is C13H15NO. The van der Waals surface area contributed by atoms with Crippen LogP contribution in [-0.2, 0) is 17.8 Å². The van der Waals surface area contributed by atoms with E-state index in [1.807, 2.05) is 19.1 Å². The Hall–Kier alpha value is -1.66. The number of aliphatic imine (C=N–C) groups is 1. The SMILES string of the molecule is C=Cc1c(CC)ccc(CN=C=O)c1C. The Morgan fingerprint density at radius 1 is 1.47 bits per heavy atom. The molecule has 0 aromatic heterocycles. The van der Waals surface area contributed by atoms with Crippen molar-refractivity contribution in [2.75, 3.05) is 0 Å². The van der Waals surface area contributed by atoms with E-state index >= 15 is 0 Å². The van der Waals surface area contributed by atoms with Crippen LogP contribution in [-0.4, -0.2) is 6.08 Å². The van der Waals surface area contributed by atoms with Gasteiger partial charge in [-0.1, -0.05) is 31.7 Å². The number of hydrogen-bond donors (Lipinski definition) is 0. The molecule has 0 spiro atoms. The molecule has 0 saturated heterocycles. The van der Waals surface area contributed by atoms with Crippen molar-refractivity contribution in [1.82, 2.24) is 0 Å². The van der Waals surface area contributed by atoms with Crippen molar-refractivity contribution in [3.63, 3.8) is 0 Å². The molecule has 78 valence electrons. The zero-order valence-electron chi connectivity index (χ0n) is 9.21. The lowest BCUT2D eigenvalue weighted by atomic mass is 9.95. The van der Waals surface area contributed by atoms with E-state index in [4.69, 9.17) is 0 Å². The van der Waals surface area contributed by atoms with Crippen LogP contribution < -0.4 is 0 Å². The predicted octanol–water partition coefficient (Wildman–Crippen LogP) is 3.04. The molecule has 0 atom stereocenters. The van der Waals surface area contributed by atoms with Gasteiger partial charge in [0.1, 0.15) is 0 Å². The van der Waals surface area contributed by atoms with Crippen LogP contribution in [0.4, 0.5) is 0 Å². The first-order valence-corrected chi connectivity index (χ1v) is 5.02. The van der Waals surface area contributed by atoms with Gasteiger partial charge in [-0.2, -0.15) is 0 Å². The molecule has 15 heavy (non-hydrogen) atoms. The third kappa shape index (κ3) is 2.42. The van der Waals surface area contributed by atoms with E-state index in [0.29, 0.717) is 6.54 Å². The highest BCUT2D eigenvalue weighted by molar-refractivity contribution is 5.58. The lowest BCUT2D eigenvalue weighted by Crippen LogP contribution is -1.95. The molecule has 0 amide bonds. The molecule has 1 aromatic carbocycles. The predicted molar refractivity (Wildman–Crippen MR) is 62.5 cm³/mol. The van der Waals surface area contributed by atoms with Gasteiger partial charge in [0, 0.05) is 0 Å². The molecule has 2 heteroatoms. The Bertz CT molecular complexity index is 415. The van der Waals surface area contributed by atoms with E-state index in [0.717, 1.165) is 23.1 Å². The van der Waals surface area contributed by atoms with Gasteiger partial charge in [-0.05, 0) is 35.6 Å². The molecule has 0 N–H and O–H groups in total. The average Bonchev–Trinajstić information content (AvgIpc) is 2.27. The Labute approximate surface area is 90.4 Å². The Balaban J connectivity index is 3.22. The van der Waals surface area contributed by atoms with E-state index < -0.39 is 0 Å². The van der Waals surface area contributed by atoms with Gasteiger partial charge in [-0.3, -0.25) is 0 Å². The van der Waals surface area contributed by atoms with Gasteiger partial charge in [0.25, 0.3) is 0 Å². The van der Waals surface area contributed by atoms with Crippen LogP contribution in [0.15, 0.2) is 23.7 Å². The number of benzene rings is 1. The molecule has 0 heterocycles. The molecule has 0 bridgehead atoms. The minimum absolute atomic E-state index is 0.403. The minimum atomic E-state index is 0.403. The molecule has 0 aliphatic rings. The van der Waals surface area contributed by atoms with E-state index in [1.54, 1.807) is 6.08 Å². The summed E-state index contributed by atoms with van der Waals surface area (Å²) in [6.45, 7) is 8.37. The summed E-state index contributed by atoms with van der Waals surface area (Å²) in [6, 6.07) is 4.08. The van der Waals surface area contributed by atoms with Gasteiger partial charge in [0.05, 0.1) is 6.54 Å². The van der Waals surface area contributed by atoms with Crippen molar-refractivity contribution in [3.05, 3.63) is 41.0 Å². The summed E-state index contributed by atoms with van der Waals surface area (Å²) >= 11 is 0. The van der Waals surface area contributed by atoms with Gasteiger partial charge in [-0.25, -0.2) is 9.79 Å². The van der Waals surface area contributed by atoms with Crippen LogP contribution in [0.1, 0.15) is 29.2 Å². The minimum Gasteiger partial charge on any atom is -0.211 e. The fraction of sp³-hybridized carbons (Fsp3) is 0.308. The van der Waals surface area contributed by atoms with Crippen LogP contribution >= 0.6 is 0 Å². The summed E-state index contributed by atoms with van der Waals surface area (Å²) < 4.78 is 0. The van der Waals surface area contributed by atoms with Gasteiger partial charge >= 0.3 is 0 Å². The van der Waals surface area contributed by atoms with Crippen molar-refractivity contribution in [3.8, 4) is 0 Å². The summed E-state index contributed by atoms with van der Waals surface area (Å²) in [4.78, 5) is 13.6. The molecule has 1 rings (SSSR count). The number of aryl methyl sites for hydroxylation is 1. The quantitative estimate of drug-likeness (QED) is 0.544. The van der Waals surface area contributed by atoms with Crippen LogP contribution in [0.2, 0.25) is 0 Å². The summed E-state index contributed by atoms with van der Waals surface area (Å²) in [5, 5.41) is 0. The van der Waals surface area contributed by atoms with Crippen LogP contribution in [0.3, 0.4) is 0 Å². The normalized spacial score (nSPS) is 9.47. The fourth-order valence-electron chi connectivity index (χ4n) is 1.71. The van der Waals surface area contributed by atoms with E-state index in [9.17, 15) is 4.79 Å². The molecule has 0 fully saturated rings. The fourth-order valence-corrected chi connectivity index (χ4v) is 1.71. The zero-order chi connectivity index (χ0) is 11.3. The first-order valence-electron chi connectivity index (χ1n) is 5.02. The van der Waals surface area contributed by atoms with E-state index in [1.165, 1.54) is 5.56 Å². The molecule has 0 aliphatic carbocycles. The lowest BCUT2D eigenvalue weighted by Gasteiger charge is -2.10. The second-order valence-corrected chi connectivity index (χ2v) is 3.39. The van der Waals surface area contributed by atoms with E-state index in [-0.39, 0.29) is 0 Å². The molecule has 0 saturated carbocycles. The van der Waals surface area contributed by atoms with Gasteiger partial charge in [0.15, 0.2) is 0 Å². The smallest absolute Gasteiger partial charge is 0.211 e. The monoisotopic (exact) mass is 201 g/mol. The number of carbonyl (C=O) groups excluding carboxylic acids is 1. The van der Waals surface area contributed by atoms with Gasteiger partial charge in [0.2, 0.25) is 6.08 Å². The average molecular weight is 201 g/mol. The number of rotatable bonds is 4. The van der Waals surface area contributed by atoms with Gasteiger partial charge in [-0.15, -0.1) is 0 Å². The van der Waals surface area contributed by atoms with E-state index in [2.05, 4.69) is 24.6 Å².